The van der Waals surface area contributed by atoms with Crippen LogP contribution >= 0.6 is 12.6 Å². The largest absolute Gasteiger partial charge is 0.446 e. The number of carbonyl (C=O) groups excluding carboxylic acids is 1. The standard InChI is InChI=1S/C15H19NO2S.C7H8/c1-3-4-13-9-10-16(15(17)18-13)11(2)12-5-7-14(19)8-6-12;1-7-5-3-2-4-6-7/h3,5-8,11,13,19H,1,4,9-10H2,2H3;2-6H,1H3. The molecule has 1 heterocycles. The van der Waals surface area contributed by atoms with E-state index in [1.54, 1.807) is 11.0 Å². The summed E-state index contributed by atoms with van der Waals surface area (Å²) < 4.78 is 5.41. The Balaban J connectivity index is 0.000000290. The third-order valence-corrected chi connectivity index (χ3v) is 4.71. The van der Waals surface area contributed by atoms with Crippen LogP contribution in [0.5, 0.6) is 0 Å². The van der Waals surface area contributed by atoms with Crippen molar-refractivity contribution in [1.29, 1.82) is 0 Å². The van der Waals surface area contributed by atoms with Crippen LogP contribution in [-0.4, -0.2) is 23.6 Å². The molecule has 4 heteroatoms. The molecule has 2 aromatic rings. The van der Waals surface area contributed by atoms with Gasteiger partial charge in [0, 0.05) is 24.3 Å². The fourth-order valence-corrected chi connectivity index (χ4v) is 2.96. The SMILES string of the molecule is C=CCC1CCN(C(C)c2ccc(S)cc2)C(=O)O1.Cc1ccccc1. The highest BCUT2D eigenvalue weighted by molar-refractivity contribution is 7.80. The first-order chi connectivity index (χ1) is 12.5. The van der Waals surface area contributed by atoms with Crippen LogP contribution in [0.15, 0.2) is 72.1 Å². The van der Waals surface area contributed by atoms with Crippen molar-refractivity contribution in [3.05, 3.63) is 78.4 Å². The summed E-state index contributed by atoms with van der Waals surface area (Å²) in [5, 5.41) is 0. The molecule has 1 aliphatic rings. The minimum atomic E-state index is -0.236. The van der Waals surface area contributed by atoms with Crippen molar-refractivity contribution in [3.63, 3.8) is 0 Å². The van der Waals surface area contributed by atoms with Gasteiger partial charge in [0.2, 0.25) is 0 Å². The van der Waals surface area contributed by atoms with E-state index in [2.05, 4.69) is 38.3 Å². The van der Waals surface area contributed by atoms with E-state index in [0.717, 1.165) is 29.8 Å². The first-order valence-corrected chi connectivity index (χ1v) is 9.34. The van der Waals surface area contributed by atoms with Gasteiger partial charge in [0.25, 0.3) is 0 Å². The molecule has 0 aromatic heterocycles. The fraction of sp³-hybridized carbons (Fsp3) is 0.318. The van der Waals surface area contributed by atoms with Gasteiger partial charge < -0.3 is 9.64 Å². The van der Waals surface area contributed by atoms with Crippen molar-refractivity contribution in [2.45, 2.75) is 43.7 Å². The van der Waals surface area contributed by atoms with Crippen LogP contribution in [0.4, 0.5) is 4.79 Å². The van der Waals surface area contributed by atoms with Crippen molar-refractivity contribution >= 4 is 18.7 Å². The number of cyclic esters (lactones) is 1. The monoisotopic (exact) mass is 369 g/mol. The Morgan fingerprint density at radius 3 is 2.38 bits per heavy atom. The van der Waals surface area contributed by atoms with Crippen LogP contribution in [-0.2, 0) is 4.74 Å². The number of benzene rings is 2. The molecule has 0 saturated carbocycles. The summed E-state index contributed by atoms with van der Waals surface area (Å²) in [6.45, 7) is 8.50. The van der Waals surface area contributed by atoms with Gasteiger partial charge in [-0.3, -0.25) is 0 Å². The second-order valence-electron chi connectivity index (χ2n) is 6.43. The van der Waals surface area contributed by atoms with Gasteiger partial charge in [-0.05, 0) is 31.5 Å². The molecule has 26 heavy (non-hydrogen) atoms. The van der Waals surface area contributed by atoms with E-state index in [9.17, 15) is 4.79 Å². The molecule has 3 nitrogen and oxygen atoms in total. The van der Waals surface area contributed by atoms with Gasteiger partial charge in [-0.2, -0.15) is 0 Å². The zero-order valence-electron chi connectivity index (χ0n) is 15.5. The van der Waals surface area contributed by atoms with Crippen LogP contribution in [0, 0.1) is 6.92 Å². The third kappa shape index (κ3) is 5.95. The summed E-state index contributed by atoms with van der Waals surface area (Å²) in [5.74, 6) is 0. The van der Waals surface area contributed by atoms with E-state index in [4.69, 9.17) is 4.74 Å². The number of rotatable bonds is 4. The summed E-state index contributed by atoms with van der Waals surface area (Å²) in [6, 6.07) is 18.1. The number of ether oxygens (including phenoxy) is 1. The lowest BCUT2D eigenvalue weighted by molar-refractivity contribution is 0.0146. The topological polar surface area (TPSA) is 29.5 Å². The molecule has 0 bridgehead atoms. The lowest BCUT2D eigenvalue weighted by Gasteiger charge is -2.35. The van der Waals surface area contributed by atoms with Crippen LogP contribution in [0.25, 0.3) is 0 Å². The smallest absolute Gasteiger partial charge is 0.410 e. The van der Waals surface area contributed by atoms with Gasteiger partial charge >= 0.3 is 6.09 Å². The molecule has 0 aliphatic carbocycles. The maximum atomic E-state index is 12.0. The predicted molar refractivity (Wildman–Crippen MR) is 110 cm³/mol. The highest BCUT2D eigenvalue weighted by atomic mass is 32.1. The molecule has 1 amide bonds. The van der Waals surface area contributed by atoms with Gasteiger partial charge in [0.1, 0.15) is 6.10 Å². The van der Waals surface area contributed by atoms with E-state index in [0.29, 0.717) is 0 Å². The average Bonchev–Trinajstić information content (AvgIpc) is 2.63. The fourth-order valence-electron chi connectivity index (χ4n) is 2.81. The third-order valence-electron chi connectivity index (χ3n) is 4.41. The molecule has 2 aromatic carbocycles. The van der Waals surface area contributed by atoms with Gasteiger partial charge in [-0.15, -0.1) is 19.2 Å². The normalized spacial score (nSPS) is 17.6. The molecule has 2 unspecified atom stereocenters. The zero-order chi connectivity index (χ0) is 18.9. The highest BCUT2D eigenvalue weighted by Crippen LogP contribution is 2.26. The van der Waals surface area contributed by atoms with Gasteiger partial charge in [0.05, 0.1) is 6.04 Å². The number of thiol groups is 1. The lowest BCUT2D eigenvalue weighted by Crippen LogP contribution is -2.43. The Labute approximate surface area is 162 Å². The minimum Gasteiger partial charge on any atom is -0.446 e. The average molecular weight is 370 g/mol. The Kier molecular flexibility index (Phi) is 7.79. The molecule has 0 radical (unpaired) electrons. The molecular weight excluding hydrogens is 342 g/mol. The maximum Gasteiger partial charge on any atom is 0.410 e. The van der Waals surface area contributed by atoms with Crippen molar-refractivity contribution in [2.75, 3.05) is 6.54 Å². The molecule has 1 aliphatic heterocycles. The second-order valence-corrected chi connectivity index (χ2v) is 6.95. The molecule has 0 N–H and O–H groups in total. The highest BCUT2D eigenvalue weighted by Gasteiger charge is 2.30. The van der Waals surface area contributed by atoms with E-state index < -0.39 is 0 Å². The molecule has 138 valence electrons. The molecular formula is C22H27NO2S. The predicted octanol–water partition coefficient (Wildman–Crippen LogP) is 5.82. The Morgan fingerprint density at radius 1 is 1.23 bits per heavy atom. The van der Waals surface area contributed by atoms with Gasteiger partial charge in [0.15, 0.2) is 0 Å². The minimum absolute atomic E-state index is 0.0196. The molecule has 1 fully saturated rings. The van der Waals surface area contributed by atoms with Crippen LogP contribution in [0.2, 0.25) is 0 Å². The van der Waals surface area contributed by atoms with Crippen molar-refractivity contribution in [1.82, 2.24) is 4.90 Å². The first kappa shape index (κ1) is 20.1. The Bertz CT molecular complexity index is 700. The van der Waals surface area contributed by atoms with Crippen LogP contribution < -0.4 is 0 Å². The molecule has 3 rings (SSSR count). The van der Waals surface area contributed by atoms with E-state index in [-0.39, 0.29) is 18.2 Å². The number of nitrogens with zero attached hydrogens (tertiary/aromatic N) is 1. The van der Waals surface area contributed by atoms with E-state index in [1.165, 1.54) is 5.56 Å². The quantitative estimate of drug-likeness (QED) is 0.544. The maximum absolute atomic E-state index is 12.0. The van der Waals surface area contributed by atoms with Crippen molar-refractivity contribution < 1.29 is 9.53 Å². The Hall–Kier alpha value is -2.20. The number of hydrogen-bond donors (Lipinski definition) is 1. The summed E-state index contributed by atoms with van der Waals surface area (Å²) in [4.78, 5) is 14.7. The summed E-state index contributed by atoms with van der Waals surface area (Å²) in [6.07, 6.45) is 3.12. The molecule has 0 spiro atoms. The molecule has 2 atom stereocenters. The Morgan fingerprint density at radius 2 is 1.88 bits per heavy atom. The van der Waals surface area contributed by atoms with Crippen LogP contribution in [0.1, 0.15) is 36.9 Å². The lowest BCUT2D eigenvalue weighted by atomic mass is 10.1. The second kappa shape index (κ2) is 10.1. The summed E-state index contributed by atoms with van der Waals surface area (Å²) in [5.41, 5.74) is 2.42. The number of amides is 1. The summed E-state index contributed by atoms with van der Waals surface area (Å²) in [7, 11) is 0. The van der Waals surface area contributed by atoms with Crippen LogP contribution in [0.3, 0.4) is 0 Å². The number of aryl methyl sites for hydroxylation is 1. The first-order valence-electron chi connectivity index (χ1n) is 8.90. The van der Waals surface area contributed by atoms with Gasteiger partial charge in [-0.1, -0.05) is 54.1 Å². The van der Waals surface area contributed by atoms with Crippen molar-refractivity contribution in [2.24, 2.45) is 0 Å². The number of hydrogen-bond acceptors (Lipinski definition) is 3. The summed E-state index contributed by atoms with van der Waals surface area (Å²) >= 11 is 4.27. The van der Waals surface area contributed by atoms with Gasteiger partial charge in [-0.25, -0.2) is 4.79 Å². The van der Waals surface area contributed by atoms with E-state index in [1.807, 2.05) is 49.4 Å². The zero-order valence-corrected chi connectivity index (χ0v) is 16.4. The molecule has 1 saturated heterocycles. The van der Waals surface area contributed by atoms with Crippen molar-refractivity contribution in [3.8, 4) is 0 Å². The number of carbonyl (C=O) groups is 1. The van der Waals surface area contributed by atoms with E-state index >= 15 is 0 Å².